The van der Waals surface area contributed by atoms with Crippen molar-refractivity contribution in [2.45, 2.75) is 13.8 Å². The van der Waals surface area contributed by atoms with Gasteiger partial charge in [0.05, 0.1) is 4.88 Å². The molecule has 18 heavy (non-hydrogen) atoms. The molecule has 0 saturated heterocycles. The highest BCUT2D eigenvalue weighted by Gasteiger charge is 2.14. The monoisotopic (exact) mass is 298 g/mol. The van der Waals surface area contributed by atoms with E-state index in [0.717, 1.165) is 15.3 Å². The van der Waals surface area contributed by atoms with E-state index in [1.54, 1.807) is 12.1 Å². The molecule has 0 aliphatic carbocycles. The molecule has 2 rings (SSSR count). The minimum absolute atomic E-state index is 0.00586. The maximum Gasteiger partial charge on any atom is 0.175 e. The van der Waals surface area contributed by atoms with Crippen LogP contribution in [-0.2, 0) is 0 Å². The van der Waals surface area contributed by atoms with Gasteiger partial charge in [0.2, 0.25) is 0 Å². The van der Waals surface area contributed by atoms with Crippen molar-refractivity contribution in [3.63, 3.8) is 0 Å². The summed E-state index contributed by atoms with van der Waals surface area (Å²) in [5, 5.41) is 1.28. The van der Waals surface area contributed by atoms with E-state index < -0.39 is 0 Å². The van der Waals surface area contributed by atoms with Crippen LogP contribution < -0.4 is 0 Å². The van der Waals surface area contributed by atoms with E-state index in [0.29, 0.717) is 10.0 Å². The molecule has 0 aliphatic heterocycles. The molecular weight excluding hydrogens is 287 g/mol. The summed E-state index contributed by atoms with van der Waals surface area (Å²) >= 11 is 13.6. The standard InChI is InChI=1S/C14H12Cl2OS/c1-8(2)14(17)13-6-5-12(18-13)10-7-9(15)3-4-11(10)16/h3-8H,1-2H3. The molecule has 0 unspecified atom stereocenters. The molecule has 1 heterocycles. The van der Waals surface area contributed by atoms with Gasteiger partial charge in [-0.25, -0.2) is 0 Å². The first-order valence-electron chi connectivity index (χ1n) is 5.58. The number of thiophene rings is 1. The Balaban J connectivity index is 2.41. The van der Waals surface area contributed by atoms with Crippen LogP contribution in [0.4, 0.5) is 0 Å². The SMILES string of the molecule is CC(C)C(=O)c1ccc(-c2cc(Cl)ccc2Cl)s1. The van der Waals surface area contributed by atoms with Crippen LogP contribution in [0.2, 0.25) is 10.0 Å². The second-order valence-electron chi connectivity index (χ2n) is 4.31. The molecule has 0 saturated carbocycles. The smallest absolute Gasteiger partial charge is 0.175 e. The summed E-state index contributed by atoms with van der Waals surface area (Å²) in [5.74, 6) is 0.163. The minimum atomic E-state index is 0.00586. The van der Waals surface area contributed by atoms with E-state index in [1.165, 1.54) is 11.3 Å². The molecule has 0 fully saturated rings. The largest absolute Gasteiger partial charge is 0.293 e. The number of carbonyl (C=O) groups excluding carboxylic acids is 1. The summed E-state index contributed by atoms with van der Waals surface area (Å²) in [5.41, 5.74) is 0.872. The van der Waals surface area contributed by atoms with Crippen molar-refractivity contribution < 1.29 is 4.79 Å². The predicted octanol–water partition coefficient (Wildman–Crippen LogP) is 5.56. The zero-order chi connectivity index (χ0) is 13.3. The number of Topliss-reactive ketones (excluding diaryl/α,β-unsaturated/α-hetero) is 1. The molecule has 1 nitrogen and oxygen atoms in total. The van der Waals surface area contributed by atoms with Gasteiger partial charge < -0.3 is 0 Å². The molecule has 4 heteroatoms. The maximum atomic E-state index is 11.9. The molecule has 0 spiro atoms. The lowest BCUT2D eigenvalue weighted by molar-refractivity contribution is 0.0943. The Labute approximate surface area is 120 Å². The molecular formula is C14H12Cl2OS. The van der Waals surface area contributed by atoms with Crippen molar-refractivity contribution >= 4 is 40.3 Å². The van der Waals surface area contributed by atoms with E-state index in [2.05, 4.69) is 0 Å². The fourth-order valence-electron chi connectivity index (χ4n) is 1.59. The van der Waals surface area contributed by atoms with Crippen molar-refractivity contribution in [2.75, 3.05) is 0 Å². The van der Waals surface area contributed by atoms with Gasteiger partial charge in [0.25, 0.3) is 0 Å². The Hall–Kier alpha value is -0.830. The van der Waals surface area contributed by atoms with Crippen LogP contribution in [0, 0.1) is 5.92 Å². The number of benzene rings is 1. The second kappa shape index (κ2) is 5.43. The Morgan fingerprint density at radius 2 is 1.89 bits per heavy atom. The second-order valence-corrected chi connectivity index (χ2v) is 6.23. The average molecular weight is 299 g/mol. The number of halogens is 2. The molecule has 2 aromatic rings. The third-order valence-electron chi connectivity index (χ3n) is 2.57. The Bertz CT molecular complexity index is 587. The molecule has 1 aromatic heterocycles. The van der Waals surface area contributed by atoms with Crippen molar-refractivity contribution in [3.8, 4) is 10.4 Å². The molecule has 0 radical (unpaired) electrons. The zero-order valence-electron chi connectivity index (χ0n) is 10.0. The van der Waals surface area contributed by atoms with E-state index in [-0.39, 0.29) is 11.7 Å². The first kappa shape index (κ1) is 13.6. The van der Waals surface area contributed by atoms with Crippen LogP contribution in [0.1, 0.15) is 23.5 Å². The van der Waals surface area contributed by atoms with Crippen molar-refractivity contribution in [2.24, 2.45) is 5.92 Å². The van der Waals surface area contributed by atoms with E-state index in [4.69, 9.17) is 23.2 Å². The summed E-state index contributed by atoms with van der Waals surface area (Å²) in [6.45, 7) is 3.79. The number of ketones is 1. The van der Waals surface area contributed by atoms with Crippen LogP contribution in [-0.4, -0.2) is 5.78 Å². The van der Waals surface area contributed by atoms with Gasteiger partial charge in [0, 0.05) is 26.4 Å². The Morgan fingerprint density at radius 3 is 2.56 bits per heavy atom. The summed E-state index contributed by atoms with van der Waals surface area (Å²) < 4.78 is 0. The summed E-state index contributed by atoms with van der Waals surface area (Å²) in [6, 6.07) is 9.10. The highest BCUT2D eigenvalue weighted by molar-refractivity contribution is 7.17. The topological polar surface area (TPSA) is 17.1 Å². The average Bonchev–Trinajstić information content (AvgIpc) is 2.80. The van der Waals surface area contributed by atoms with Crippen LogP contribution in [0.15, 0.2) is 30.3 Å². The maximum absolute atomic E-state index is 11.9. The highest BCUT2D eigenvalue weighted by Crippen LogP contribution is 2.35. The molecule has 0 atom stereocenters. The predicted molar refractivity (Wildman–Crippen MR) is 78.9 cm³/mol. The van der Waals surface area contributed by atoms with Gasteiger partial charge in [0.1, 0.15) is 0 Å². The van der Waals surface area contributed by atoms with Gasteiger partial charge in [-0.3, -0.25) is 4.79 Å². The normalized spacial score (nSPS) is 10.9. The lowest BCUT2D eigenvalue weighted by atomic mass is 10.1. The van der Waals surface area contributed by atoms with Crippen molar-refractivity contribution in [1.82, 2.24) is 0 Å². The fourth-order valence-corrected chi connectivity index (χ4v) is 3.16. The Kier molecular flexibility index (Phi) is 4.10. The molecule has 0 N–H and O–H groups in total. The van der Waals surface area contributed by atoms with Crippen LogP contribution in [0.3, 0.4) is 0 Å². The van der Waals surface area contributed by atoms with Gasteiger partial charge in [-0.2, -0.15) is 0 Å². The number of hydrogen-bond donors (Lipinski definition) is 0. The zero-order valence-corrected chi connectivity index (χ0v) is 12.4. The van der Waals surface area contributed by atoms with E-state index in [1.807, 2.05) is 32.0 Å². The van der Waals surface area contributed by atoms with Gasteiger partial charge in [-0.15, -0.1) is 11.3 Å². The summed E-state index contributed by atoms with van der Waals surface area (Å²) in [6.07, 6.45) is 0. The third kappa shape index (κ3) is 2.77. The van der Waals surface area contributed by atoms with Crippen LogP contribution >= 0.6 is 34.5 Å². The van der Waals surface area contributed by atoms with Gasteiger partial charge in [0.15, 0.2) is 5.78 Å². The van der Waals surface area contributed by atoms with Crippen LogP contribution in [0.25, 0.3) is 10.4 Å². The highest BCUT2D eigenvalue weighted by atomic mass is 35.5. The summed E-state index contributed by atoms with van der Waals surface area (Å²) in [4.78, 5) is 13.6. The first-order valence-corrected chi connectivity index (χ1v) is 7.15. The molecule has 0 bridgehead atoms. The van der Waals surface area contributed by atoms with Crippen LogP contribution in [0.5, 0.6) is 0 Å². The number of rotatable bonds is 3. The van der Waals surface area contributed by atoms with E-state index >= 15 is 0 Å². The quantitative estimate of drug-likeness (QED) is 0.678. The van der Waals surface area contributed by atoms with Gasteiger partial charge >= 0.3 is 0 Å². The fraction of sp³-hybridized carbons (Fsp3) is 0.214. The minimum Gasteiger partial charge on any atom is -0.293 e. The lowest BCUT2D eigenvalue weighted by Crippen LogP contribution is -2.04. The van der Waals surface area contributed by atoms with Gasteiger partial charge in [-0.05, 0) is 30.3 Å². The number of carbonyl (C=O) groups is 1. The lowest BCUT2D eigenvalue weighted by Gasteiger charge is -2.02. The molecule has 94 valence electrons. The van der Waals surface area contributed by atoms with Crippen molar-refractivity contribution in [1.29, 1.82) is 0 Å². The first-order chi connectivity index (χ1) is 8.49. The molecule has 0 aliphatic rings. The Morgan fingerprint density at radius 1 is 1.17 bits per heavy atom. The van der Waals surface area contributed by atoms with Gasteiger partial charge in [-0.1, -0.05) is 37.0 Å². The molecule has 1 aromatic carbocycles. The third-order valence-corrected chi connectivity index (χ3v) is 4.26. The van der Waals surface area contributed by atoms with Crippen molar-refractivity contribution in [3.05, 3.63) is 45.3 Å². The summed E-state index contributed by atoms with van der Waals surface area (Å²) in [7, 11) is 0. The van der Waals surface area contributed by atoms with E-state index in [9.17, 15) is 4.79 Å². The molecule has 0 amide bonds. The number of hydrogen-bond acceptors (Lipinski definition) is 2.